The number of para-hydroxylation sites is 2. The molecule has 3 aromatic rings. The number of nitrogens with one attached hydrogen (secondary N) is 1. The third-order valence-corrected chi connectivity index (χ3v) is 5.31. The molecule has 0 aliphatic heterocycles. The van der Waals surface area contributed by atoms with Crippen LogP contribution in [-0.2, 0) is 24.1 Å². The van der Waals surface area contributed by atoms with Crippen LogP contribution in [0.4, 0.5) is 24.5 Å². The Hall–Kier alpha value is -3.87. The molecule has 0 aliphatic carbocycles. The Labute approximate surface area is 195 Å². The highest BCUT2D eigenvalue weighted by atomic mass is 32.2. The minimum absolute atomic E-state index is 0.0148. The zero-order chi connectivity index (χ0) is 24.7. The summed E-state index contributed by atoms with van der Waals surface area (Å²) in [4.78, 5) is 22.8. The lowest BCUT2D eigenvalue weighted by molar-refractivity contribution is -0.383. The van der Waals surface area contributed by atoms with Crippen molar-refractivity contribution in [2.24, 2.45) is 0 Å². The molecule has 0 unspecified atom stereocenters. The van der Waals surface area contributed by atoms with Gasteiger partial charge in [-0.2, -0.15) is 13.2 Å². The lowest BCUT2D eigenvalue weighted by atomic mass is 10.2. The van der Waals surface area contributed by atoms with Gasteiger partial charge in [-0.25, -0.2) is 0 Å². The molecule has 9 nitrogen and oxygen atoms in total. The van der Waals surface area contributed by atoms with Crippen molar-refractivity contribution in [1.82, 2.24) is 14.8 Å². The standard InChI is InChI=1S/C21H18F3N5O4S/c1-2-10-28-18(12-33-15-7-5-6-14(11-15)21(22,23)24)26-27-20(28)34-13-19(30)25-16-8-3-4-9-17(16)29(31)32/h2-9,11H,1,10,12-13H2,(H,25,30). The van der Waals surface area contributed by atoms with Gasteiger partial charge < -0.3 is 10.1 Å². The number of ether oxygens (including phenoxy) is 1. The Morgan fingerprint density at radius 1 is 1.24 bits per heavy atom. The fourth-order valence-corrected chi connectivity index (χ4v) is 3.58. The number of alkyl halides is 3. The molecule has 178 valence electrons. The van der Waals surface area contributed by atoms with Crippen LogP contribution in [0.25, 0.3) is 0 Å². The molecule has 13 heteroatoms. The van der Waals surface area contributed by atoms with E-state index in [1.165, 1.54) is 30.3 Å². The molecule has 0 aliphatic rings. The molecule has 0 bridgehead atoms. The fraction of sp³-hybridized carbons (Fsp3) is 0.190. The summed E-state index contributed by atoms with van der Waals surface area (Å²) in [5, 5.41) is 21.9. The fourth-order valence-electron chi connectivity index (χ4n) is 2.81. The number of nitro groups is 1. The first-order valence-electron chi connectivity index (χ1n) is 9.68. The molecule has 2 aromatic carbocycles. The van der Waals surface area contributed by atoms with Crippen LogP contribution in [0.3, 0.4) is 0 Å². The number of nitro benzene ring substituents is 1. The lowest BCUT2D eigenvalue weighted by Gasteiger charge is -2.11. The van der Waals surface area contributed by atoms with E-state index < -0.39 is 22.6 Å². The van der Waals surface area contributed by atoms with E-state index in [0.717, 1.165) is 23.9 Å². The van der Waals surface area contributed by atoms with Gasteiger partial charge in [-0.1, -0.05) is 36.0 Å². The van der Waals surface area contributed by atoms with Gasteiger partial charge in [0.05, 0.1) is 16.2 Å². The normalized spacial score (nSPS) is 11.1. The molecular formula is C21H18F3N5O4S. The second-order valence-electron chi connectivity index (χ2n) is 6.72. The number of carbonyl (C=O) groups is 1. The van der Waals surface area contributed by atoms with Crippen LogP contribution in [0.5, 0.6) is 5.75 Å². The number of carbonyl (C=O) groups excluding carboxylic acids is 1. The van der Waals surface area contributed by atoms with Gasteiger partial charge in [-0.05, 0) is 24.3 Å². The van der Waals surface area contributed by atoms with E-state index in [-0.39, 0.29) is 36.0 Å². The number of allylic oxidation sites excluding steroid dienone is 1. The number of aromatic nitrogens is 3. The molecule has 0 fully saturated rings. The number of nitrogens with zero attached hydrogens (tertiary/aromatic N) is 4. The highest BCUT2D eigenvalue weighted by Crippen LogP contribution is 2.31. The monoisotopic (exact) mass is 493 g/mol. The van der Waals surface area contributed by atoms with Crippen LogP contribution in [0.15, 0.2) is 66.3 Å². The van der Waals surface area contributed by atoms with E-state index >= 15 is 0 Å². The van der Waals surface area contributed by atoms with Gasteiger partial charge >= 0.3 is 6.18 Å². The number of amides is 1. The molecule has 0 saturated carbocycles. The predicted molar refractivity (Wildman–Crippen MR) is 118 cm³/mol. The number of thioether (sulfide) groups is 1. The first-order chi connectivity index (χ1) is 16.2. The number of hydrogen-bond acceptors (Lipinski definition) is 7. The van der Waals surface area contributed by atoms with Crippen molar-refractivity contribution >= 4 is 29.0 Å². The van der Waals surface area contributed by atoms with Crippen LogP contribution in [0, 0.1) is 10.1 Å². The number of hydrogen-bond donors (Lipinski definition) is 1. The Morgan fingerprint density at radius 3 is 2.71 bits per heavy atom. The Kier molecular flexibility index (Phi) is 7.89. The van der Waals surface area contributed by atoms with Crippen LogP contribution in [0.2, 0.25) is 0 Å². The van der Waals surface area contributed by atoms with Gasteiger partial charge in [-0.3, -0.25) is 19.5 Å². The molecule has 0 spiro atoms. The molecule has 34 heavy (non-hydrogen) atoms. The highest BCUT2D eigenvalue weighted by molar-refractivity contribution is 7.99. The predicted octanol–water partition coefficient (Wildman–Crippen LogP) is 4.70. The molecule has 0 atom stereocenters. The third-order valence-electron chi connectivity index (χ3n) is 4.34. The van der Waals surface area contributed by atoms with Gasteiger partial charge in [-0.15, -0.1) is 16.8 Å². The Bertz CT molecular complexity index is 1200. The van der Waals surface area contributed by atoms with Crippen molar-refractivity contribution in [3.8, 4) is 5.75 Å². The molecule has 1 aromatic heterocycles. The van der Waals surface area contributed by atoms with Crippen molar-refractivity contribution in [3.63, 3.8) is 0 Å². The summed E-state index contributed by atoms with van der Waals surface area (Å²) in [6.07, 6.45) is -2.93. The summed E-state index contributed by atoms with van der Waals surface area (Å²) in [5.74, 6) is -0.273. The van der Waals surface area contributed by atoms with E-state index in [0.29, 0.717) is 11.0 Å². The van der Waals surface area contributed by atoms with E-state index in [9.17, 15) is 28.1 Å². The van der Waals surface area contributed by atoms with E-state index in [4.69, 9.17) is 4.74 Å². The van der Waals surface area contributed by atoms with Gasteiger partial charge in [0.1, 0.15) is 18.0 Å². The van der Waals surface area contributed by atoms with E-state index in [1.807, 2.05) is 0 Å². The SMILES string of the molecule is C=CCn1c(COc2cccc(C(F)(F)F)c2)nnc1SCC(=O)Nc1ccccc1[N+](=O)[O-]. The minimum atomic E-state index is -4.49. The van der Waals surface area contributed by atoms with Crippen molar-refractivity contribution in [3.05, 3.63) is 82.7 Å². The van der Waals surface area contributed by atoms with Crippen molar-refractivity contribution in [2.45, 2.75) is 24.5 Å². The quantitative estimate of drug-likeness (QED) is 0.189. The van der Waals surface area contributed by atoms with Crippen molar-refractivity contribution in [2.75, 3.05) is 11.1 Å². The maximum absolute atomic E-state index is 12.9. The average molecular weight is 493 g/mol. The van der Waals surface area contributed by atoms with Gasteiger partial charge in [0, 0.05) is 12.6 Å². The smallest absolute Gasteiger partial charge is 0.416 e. The van der Waals surface area contributed by atoms with Gasteiger partial charge in [0.15, 0.2) is 11.0 Å². The van der Waals surface area contributed by atoms with Crippen LogP contribution in [-0.4, -0.2) is 31.3 Å². The minimum Gasteiger partial charge on any atom is -0.486 e. The topological polar surface area (TPSA) is 112 Å². The molecule has 3 rings (SSSR count). The number of rotatable bonds is 10. The van der Waals surface area contributed by atoms with E-state index in [1.54, 1.807) is 16.7 Å². The van der Waals surface area contributed by atoms with Gasteiger partial charge in [0.25, 0.3) is 5.69 Å². The van der Waals surface area contributed by atoms with Crippen LogP contribution >= 0.6 is 11.8 Å². The summed E-state index contributed by atoms with van der Waals surface area (Å²) >= 11 is 1.03. The van der Waals surface area contributed by atoms with E-state index in [2.05, 4.69) is 22.1 Å². The summed E-state index contributed by atoms with van der Waals surface area (Å²) in [6, 6.07) is 10.2. The van der Waals surface area contributed by atoms with Gasteiger partial charge in [0.2, 0.25) is 5.91 Å². The molecule has 1 amide bonds. The Balaban J connectivity index is 1.65. The summed E-state index contributed by atoms with van der Waals surface area (Å²) in [6.45, 7) is 3.76. The number of anilines is 1. The third kappa shape index (κ3) is 6.34. The second-order valence-corrected chi connectivity index (χ2v) is 7.67. The second kappa shape index (κ2) is 10.8. The molecule has 0 saturated heterocycles. The van der Waals surface area contributed by atoms with Crippen molar-refractivity contribution in [1.29, 1.82) is 0 Å². The molecular weight excluding hydrogens is 475 g/mol. The van der Waals surface area contributed by atoms with Crippen LogP contribution in [0.1, 0.15) is 11.4 Å². The zero-order valence-corrected chi connectivity index (χ0v) is 18.3. The molecule has 1 N–H and O–H groups in total. The summed E-state index contributed by atoms with van der Waals surface area (Å²) in [7, 11) is 0. The van der Waals surface area contributed by atoms with Crippen LogP contribution < -0.4 is 10.1 Å². The largest absolute Gasteiger partial charge is 0.486 e. The maximum atomic E-state index is 12.9. The first-order valence-corrected chi connectivity index (χ1v) is 10.7. The first kappa shape index (κ1) is 24.8. The molecule has 0 radical (unpaired) electrons. The highest BCUT2D eigenvalue weighted by Gasteiger charge is 2.30. The Morgan fingerprint density at radius 2 is 2.00 bits per heavy atom. The molecule has 1 heterocycles. The van der Waals surface area contributed by atoms with Crippen molar-refractivity contribution < 1.29 is 27.6 Å². The summed E-state index contributed by atoms with van der Waals surface area (Å²) in [5.41, 5.74) is -0.996. The maximum Gasteiger partial charge on any atom is 0.416 e. The number of halogens is 3. The number of benzene rings is 2. The zero-order valence-electron chi connectivity index (χ0n) is 17.5. The average Bonchev–Trinajstić information content (AvgIpc) is 3.18. The summed E-state index contributed by atoms with van der Waals surface area (Å²) < 4.78 is 45.7. The lowest BCUT2D eigenvalue weighted by Crippen LogP contribution is -2.16.